The van der Waals surface area contributed by atoms with Crippen LogP contribution in [0.3, 0.4) is 0 Å². The number of anilines is 1. The maximum absolute atomic E-state index is 6.18. The molecule has 0 saturated heterocycles. The first-order valence-electron chi connectivity index (χ1n) is 6.29. The molecule has 0 aliphatic carbocycles. The summed E-state index contributed by atoms with van der Waals surface area (Å²) in [6, 6.07) is 11.1. The van der Waals surface area contributed by atoms with E-state index in [1.54, 1.807) is 6.07 Å². The molecule has 2 aromatic rings. The van der Waals surface area contributed by atoms with Crippen molar-refractivity contribution in [2.24, 2.45) is 0 Å². The van der Waals surface area contributed by atoms with Gasteiger partial charge in [-0.25, -0.2) is 0 Å². The Bertz CT molecular complexity index is 631. The molecule has 20 heavy (non-hydrogen) atoms. The zero-order chi connectivity index (χ0) is 13.9. The number of nitrogen functional groups attached to an aromatic ring is 1. The molecule has 0 saturated carbocycles. The van der Waals surface area contributed by atoms with E-state index in [0.717, 1.165) is 5.56 Å². The number of fused-ring (bicyclic) bond motifs is 1. The summed E-state index contributed by atoms with van der Waals surface area (Å²) in [6.07, 6.45) is 0. The van der Waals surface area contributed by atoms with Crippen molar-refractivity contribution in [2.45, 2.75) is 6.61 Å². The minimum absolute atomic E-state index is 0.366. The van der Waals surface area contributed by atoms with Crippen LogP contribution < -0.4 is 19.9 Å². The van der Waals surface area contributed by atoms with Gasteiger partial charge in [0.2, 0.25) is 0 Å². The highest BCUT2D eigenvalue weighted by Gasteiger charge is 2.16. The second-order valence-corrected chi connectivity index (χ2v) is 4.84. The topological polar surface area (TPSA) is 53.7 Å². The van der Waals surface area contributed by atoms with Crippen LogP contribution in [-0.2, 0) is 6.61 Å². The highest BCUT2D eigenvalue weighted by molar-refractivity contribution is 6.32. The van der Waals surface area contributed by atoms with Gasteiger partial charge in [-0.3, -0.25) is 0 Å². The molecule has 0 amide bonds. The maximum atomic E-state index is 6.18. The molecule has 4 nitrogen and oxygen atoms in total. The van der Waals surface area contributed by atoms with E-state index in [4.69, 9.17) is 31.5 Å². The molecule has 5 heteroatoms. The lowest BCUT2D eigenvalue weighted by Crippen LogP contribution is -2.16. The largest absolute Gasteiger partial charge is 0.487 e. The zero-order valence-electron chi connectivity index (χ0n) is 10.8. The molecule has 1 aliphatic heterocycles. The van der Waals surface area contributed by atoms with E-state index in [9.17, 15) is 0 Å². The highest BCUT2D eigenvalue weighted by atomic mass is 35.5. The Labute approximate surface area is 122 Å². The average Bonchev–Trinajstić information content (AvgIpc) is 2.46. The van der Waals surface area contributed by atoms with Gasteiger partial charge in [-0.05, 0) is 29.8 Å². The normalized spacial score (nSPS) is 13.1. The van der Waals surface area contributed by atoms with Crippen molar-refractivity contribution in [3.8, 4) is 17.2 Å². The lowest BCUT2D eigenvalue weighted by Gasteiger charge is -2.20. The second kappa shape index (κ2) is 5.51. The second-order valence-electron chi connectivity index (χ2n) is 4.43. The Morgan fingerprint density at radius 3 is 2.80 bits per heavy atom. The molecule has 104 valence electrons. The van der Waals surface area contributed by atoms with Crippen molar-refractivity contribution in [3.63, 3.8) is 0 Å². The van der Waals surface area contributed by atoms with Crippen LogP contribution in [0.1, 0.15) is 5.56 Å². The van der Waals surface area contributed by atoms with Crippen molar-refractivity contribution in [2.75, 3.05) is 18.9 Å². The predicted octanol–water partition coefficient (Wildman–Crippen LogP) is 3.27. The summed E-state index contributed by atoms with van der Waals surface area (Å²) in [5.41, 5.74) is 7.34. The summed E-state index contributed by atoms with van der Waals surface area (Å²) in [5.74, 6) is 1.91. The average molecular weight is 292 g/mol. The van der Waals surface area contributed by atoms with Crippen molar-refractivity contribution >= 4 is 17.3 Å². The molecule has 3 rings (SSSR count). The molecule has 0 bridgehead atoms. The van der Waals surface area contributed by atoms with E-state index in [1.165, 1.54) is 0 Å². The third-order valence-corrected chi connectivity index (χ3v) is 3.25. The number of hydrogen-bond acceptors (Lipinski definition) is 4. The highest BCUT2D eigenvalue weighted by Crippen LogP contribution is 2.38. The zero-order valence-corrected chi connectivity index (χ0v) is 11.5. The molecule has 0 aromatic heterocycles. The molecular weight excluding hydrogens is 278 g/mol. The van der Waals surface area contributed by atoms with E-state index in [-0.39, 0.29) is 0 Å². The molecule has 0 radical (unpaired) electrons. The fourth-order valence-electron chi connectivity index (χ4n) is 2.02. The Morgan fingerprint density at radius 2 is 1.95 bits per heavy atom. The maximum Gasteiger partial charge on any atom is 0.179 e. The fraction of sp³-hybridized carbons (Fsp3) is 0.200. The van der Waals surface area contributed by atoms with Gasteiger partial charge in [0, 0.05) is 0 Å². The molecule has 2 N–H and O–H groups in total. The molecule has 1 heterocycles. The molecular formula is C15H14ClNO3. The predicted molar refractivity (Wildman–Crippen MR) is 77.6 cm³/mol. The van der Waals surface area contributed by atoms with E-state index in [0.29, 0.717) is 47.8 Å². The summed E-state index contributed by atoms with van der Waals surface area (Å²) in [7, 11) is 0. The van der Waals surface area contributed by atoms with Crippen molar-refractivity contribution in [1.29, 1.82) is 0 Å². The van der Waals surface area contributed by atoms with Crippen LogP contribution in [0.2, 0.25) is 5.02 Å². The van der Waals surface area contributed by atoms with Gasteiger partial charge in [-0.2, -0.15) is 0 Å². The fourth-order valence-corrected chi connectivity index (χ4v) is 2.31. The minimum atomic E-state index is 0.366. The first-order valence-corrected chi connectivity index (χ1v) is 6.67. The van der Waals surface area contributed by atoms with Gasteiger partial charge in [0.1, 0.15) is 25.6 Å². The lowest BCUT2D eigenvalue weighted by atomic mass is 10.2. The summed E-state index contributed by atoms with van der Waals surface area (Å²) in [6.45, 7) is 1.41. The van der Waals surface area contributed by atoms with Crippen LogP contribution in [0.5, 0.6) is 17.2 Å². The number of hydrogen-bond donors (Lipinski definition) is 1. The summed E-state index contributed by atoms with van der Waals surface area (Å²) >= 11 is 6.18. The quantitative estimate of drug-likeness (QED) is 0.882. The molecule has 0 unspecified atom stereocenters. The number of rotatable bonds is 3. The lowest BCUT2D eigenvalue weighted by molar-refractivity contribution is 0.171. The van der Waals surface area contributed by atoms with E-state index < -0.39 is 0 Å². The molecule has 0 fully saturated rings. The first kappa shape index (κ1) is 12.9. The molecule has 2 aromatic carbocycles. The first-order chi connectivity index (χ1) is 9.74. The SMILES string of the molecule is Nc1ccccc1OCc1cc(Cl)c2c(c1)OCCO2. The van der Waals surface area contributed by atoms with Crippen molar-refractivity contribution in [1.82, 2.24) is 0 Å². The van der Waals surface area contributed by atoms with Gasteiger partial charge >= 0.3 is 0 Å². The Morgan fingerprint density at radius 1 is 1.15 bits per heavy atom. The number of nitrogens with two attached hydrogens (primary N) is 1. The van der Waals surface area contributed by atoms with Gasteiger partial charge in [0.25, 0.3) is 0 Å². The van der Waals surface area contributed by atoms with Crippen LogP contribution in [0.4, 0.5) is 5.69 Å². The van der Waals surface area contributed by atoms with Crippen LogP contribution in [0.25, 0.3) is 0 Å². The number of halogens is 1. The van der Waals surface area contributed by atoms with Gasteiger partial charge in [0.05, 0.1) is 10.7 Å². The third-order valence-electron chi connectivity index (χ3n) is 2.97. The van der Waals surface area contributed by atoms with Gasteiger partial charge in [-0.1, -0.05) is 23.7 Å². The van der Waals surface area contributed by atoms with Crippen molar-refractivity contribution < 1.29 is 14.2 Å². The van der Waals surface area contributed by atoms with E-state index in [1.807, 2.05) is 30.3 Å². The van der Waals surface area contributed by atoms with Crippen LogP contribution >= 0.6 is 11.6 Å². The van der Waals surface area contributed by atoms with Crippen LogP contribution in [-0.4, -0.2) is 13.2 Å². The molecule has 0 atom stereocenters. The van der Waals surface area contributed by atoms with E-state index in [2.05, 4.69) is 0 Å². The molecule has 0 spiro atoms. The molecule has 1 aliphatic rings. The van der Waals surface area contributed by atoms with Crippen LogP contribution in [0.15, 0.2) is 36.4 Å². The Balaban J connectivity index is 1.78. The van der Waals surface area contributed by atoms with Crippen molar-refractivity contribution in [3.05, 3.63) is 47.0 Å². The van der Waals surface area contributed by atoms with Gasteiger partial charge in [0.15, 0.2) is 11.5 Å². The van der Waals surface area contributed by atoms with Gasteiger partial charge < -0.3 is 19.9 Å². The number of para-hydroxylation sites is 2. The van der Waals surface area contributed by atoms with Crippen LogP contribution in [0, 0.1) is 0 Å². The van der Waals surface area contributed by atoms with E-state index >= 15 is 0 Å². The number of ether oxygens (including phenoxy) is 3. The number of benzene rings is 2. The summed E-state index contributed by atoms with van der Waals surface area (Å²) in [4.78, 5) is 0. The monoisotopic (exact) mass is 291 g/mol. The summed E-state index contributed by atoms with van der Waals surface area (Å²) in [5, 5.41) is 0.529. The Hall–Kier alpha value is -2.07. The standard InChI is InChI=1S/C15H14ClNO3/c16-11-7-10(8-14-15(11)19-6-5-18-14)9-20-13-4-2-1-3-12(13)17/h1-4,7-8H,5-6,9,17H2. The van der Waals surface area contributed by atoms with Gasteiger partial charge in [-0.15, -0.1) is 0 Å². The Kier molecular flexibility index (Phi) is 3.56. The smallest absolute Gasteiger partial charge is 0.179 e. The third kappa shape index (κ3) is 2.60. The summed E-state index contributed by atoms with van der Waals surface area (Å²) < 4.78 is 16.7. The minimum Gasteiger partial charge on any atom is -0.487 e.